The zero-order valence-corrected chi connectivity index (χ0v) is 12.3. The predicted octanol–water partition coefficient (Wildman–Crippen LogP) is 1.39. The number of hydrogen-bond donors (Lipinski definition) is 2. The van der Waals surface area contributed by atoms with Crippen LogP contribution in [0.2, 0.25) is 5.02 Å². The summed E-state index contributed by atoms with van der Waals surface area (Å²) >= 11 is 5.71. The average Bonchev–Trinajstić information content (AvgIpc) is 2.85. The van der Waals surface area contributed by atoms with Crippen LogP contribution in [0.5, 0.6) is 0 Å². The summed E-state index contributed by atoms with van der Waals surface area (Å²) < 4.78 is 44.5. The third-order valence-electron chi connectivity index (χ3n) is 3.07. The molecule has 2 atom stereocenters. The average molecular weight is 338 g/mol. The van der Waals surface area contributed by atoms with E-state index in [9.17, 15) is 17.6 Å². The fourth-order valence-electron chi connectivity index (χ4n) is 2.01. The molecule has 0 bridgehead atoms. The van der Waals surface area contributed by atoms with E-state index in [0.717, 1.165) is 18.2 Å². The number of benzene rings is 1. The molecule has 1 aromatic rings. The lowest BCUT2D eigenvalue weighted by molar-refractivity contribution is -0.149. The highest BCUT2D eigenvalue weighted by Crippen LogP contribution is 2.23. The summed E-state index contributed by atoms with van der Waals surface area (Å²) in [7, 11) is -3.91. The molecule has 2 rings (SSSR count). The van der Waals surface area contributed by atoms with Crippen molar-refractivity contribution in [1.29, 1.82) is 0 Å². The van der Waals surface area contributed by atoms with Gasteiger partial charge in [0.05, 0.1) is 11.1 Å². The van der Waals surface area contributed by atoms with Crippen molar-refractivity contribution < 1.29 is 27.4 Å². The normalized spacial score (nSPS) is 22.4. The number of carbonyl (C=O) groups is 1. The number of ether oxygens (including phenoxy) is 1. The first kappa shape index (κ1) is 16.2. The van der Waals surface area contributed by atoms with Crippen LogP contribution < -0.4 is 4.72 Å². The first-order chi connectivity index (χ1) is 9.79. The number of halogens is 2. The van der Waals surface area contributed by atoms with E-state index in [0.29, 0.717) is 12.8 Å². The molecule has 1 aliphatic rings. The Morgan fingerprint density at radius 2 is 2.19 bits per heavy atom. The maximum absolute atomic E-state index is 12.9. The van der Waals surface area contributed by atoms with Crippen LogP contribution >= 0.6 is 11.6 Å². The van der Waals surface area contributed by atoms with Crippen molar-refractivity contribution >= 4 is 27.6 Å². The highest BCUT2D eigenvalue weighted by Gasteiger charge is 2.31. The number of nitrogens with one attached hydrogen (secondary N) is 1. The molecule has 2 unspecified atom stereocenters. The van der Waals surface area contributed by atoms with Crippen molar-refractivity contribution in [2.45, 2.75) is 29.9 Å². The Morgan fingerprint density at radius 3 is 2.76 bits per heavy atom. The van der Waals surface area contributed by atoms with Crippen molar-refractivity contribution in [3.8, 4) is 0 Å². The van der Waals surface area contributed by atoms with Gasteiger partial charge in [-0.25, -0.2) is 22.3 Å². The highest BCUT2D eigenvalue weighted by atomic mass is 35.5. The van der Waals surface area contributed by atoms with E-state index in [4.69, 9.17) is 21.4 Å². The van der Waals surface area contributed by atoms with Gasteiger partial charge >= 0.3 is 5.97 Å². The van der Waals surface area contributed by atoms with Crippen LogP contribution in [0.3, 0.4) is 0 Å². The molecule has 0 spiro atoms. The summed E-state index contributed by atoms with van der Waals surface area (Å²) in [5.41, 5.74) is 0. The number of rotatable bonds is 5. The second-order valence-corrected chi connectivity index (χ2v) is 6.73. The Morgan fingerprint density at radius 1 is 1.48 bits per heavy atom. The topological polar surface area (TPSA) is 92.7 Å². The molecule has 1 aromatic carbocycles. The molecular weight excluding hydrogens is 325 g/mol. The molecule has 21 heavy (non-hydrogen) atoms. The smallest absolute Gasteiger partial charge is 0.332 e. The molecule has 0 amide bonds. The minimum atomic E-state index is -3.91. The summed E-state index contributed by atoms with van der Waals surface area (Å²) in [6.07, 6.45) is -0.649. The molecule has 9 heteroatoms. The Hall–Kier alpha value is -1.22. The van der Waals surface area contributed by atoms with Crippen molar-refractivity contribution in [3.63, 3.8) is 0 Å². The molecule has 1 heterocycles. The Kier molecular flexibility index (Phi) is 4.82. The van der Waals surface area contributed by atoms with Gasteiger partial charge in [-0.15, -0.1) is 0 Å². The van der Waals surface area contributed by atoms with Crippen LogP contribution in [-0.4, -0.2) is 38.2 Å². The highest BCUT2D eigenvalue weighted by molar-refractivity contribution is 7.89. The SMILES string of the molecule is O=C(O)C1CCC(CNS(=O)(=O)c2ccc(F)cc2Cl)O1. The Balaban J connectivity index is 2.01. The summed E-state index contributed by atoms with van der Waals surface area (Å²) in [4.78, 5) is 10.5. The first-order valence-electron chi connectivity index (χ1n) is 6.12. The molecule has 116 valence electrons. The van der Waals surface area contributed by atoms with Crippen LogP contribution in [0.15, 0.2) is 23.1 Å². The molecular formula is C12H13ClFNO5S. The first-order valence-corrected chi connectivity index (χ1v) is 7.98. The minimum Gasteiger partial charge on any atom is -0.479 e. The number of hydrogen-bond acceptors (Lipinski definition) is 4. The van der Waals surface area contributed by atoms with Gasteiger partial charge in [0.15, 0.2) is 6.10 Å². The molecule has 2 N–H and O–H groups in total. The zero-order chi connectivity index (χ0) is 15.6. The number of carboxylic acid groups (broad SMARTS) is 1. The fourth-order valence-corrected chi connectivity index (χ4v) is 3.61. The van der Waals surface area contributed by atoms with E-state index < -0.39 is 34.0 Å². The largest absolute Gasteiger partial charge is 0.479 e. The van der Waals surface area contributed by atoms with E-state index in [1.165, 1.54) is 0 Å². The standard InChI is InChI=1S/C12H13ClFNO5S/c13-9-5-7(14)1-4-11(9)21(18,19)15-6-8-2-3-10(20-8)12(16)17/h1,4-5,8,10,15H,2-3,6H2,(H,16,17). The molecule has 1 aliphatic heterocycles. The second-order valence-electron chi connectivity index (χ2n) is 4.59. The van der Waals surface area contributed by atoms with Crippen LogP contribution in [0, 0.1) is 5.82 Å². The lowest BCUT2D eigenvalue weighted by atomic mass is 10.2. The fraction of sp³-hybridized carbons (Fsp3) is 0.417. The van der Waals surface area contributed by atoms with Crippen molar-refractivity contribution in [2.75, 3.05) is 6.54 Å². The summed E-state index contributed by atoms with van der Waals surface area (Å²) in [5.74, 6) is -1.70. The van der Waals surface area contributed by atoms with Gasteiger partial charge in [0.2, 0.25) is 10.0 Å². The van der Waals surface area contributed by atoms with Crippen LogP contribution in [0.25, 0.3) is 0 Å². The Bertz CT molecular complexity index is 651. The van der Waals surface area contributed by atoms with E-state index in [1.807, 2.05) is 0 Å². The van der Waals surface area contributed by atoms with Gasteiger partial charge in [-0.05, 0) is 31.0 Å². The van der Waals surface area contributed by atoms with Gasteiger partial charge in [0.1, 0.15) is 10.7 Å². The molecule has 1 fully saturated rings. The monoisotopic (exact) mass is 337 g/mol. The molecule has 0 radical (unpaired) electrons. The summed E-state index contributed by atoms with van der Waals surface area (Å²) in [6, 6.07) is 2.96. The molecule has 6 nitrogen and oxygen atoms in total. The zero-order valence-electron chi connectivity index (χ0n) is 10.8. The number of carboxylic acids is 1. The van der Waals surface area contributed by atoms with Gasteiger partial charge < -0.3 is 9.84 Å². The minimum absolute atomic E-state index is 0.0696. The van der Waals surface area contributed by atoms with Crippen LogP contribution in [0.4, 0.5) is 4.39 Å². The van der Waals surface area contributed by atoms with Crippen molar-refractivity contribution in [3.05, 3.63) is 29.0 Å². The van der Waals surface area contributed by atoms with Crippen molar-refractivity contribution in [2.24, 2.45) is 0 Å². The summed E-state index contributed by atoms with van der Waals surface area (Å²) in [5, 5.41) is 8.56. The van der Waals surface area contributed by atoms with Gasteiger partial charge in [-0.2, -0.15) is 0 Å². The maximum atomic E-state index is 12.9. The quantitative estimate of drug-likeness (QED) is 0.847. The second kappa shape index (κ2) is 6.27. The molecule has 0 aliphatic carbocycles. The van der Waals surface area contributed by atoms with Gasteiger partial charge in [-0.3, -0.25) is 0 Å². The lowest BCUT2D eigenvalue weighted by Crippen LogP contribution is -2.33. The van der Waals surface area contributed by atoms with E-state index in [1.54, 1.807) is 0 Å². The van der Waals surface area contributed by atoms with Crippen LogP contribution in [-0.2, 0) is 19.6 Å². The number of aliphatic carboxylic acids is 1. The van der Waals surface area contributed by atoms with Gasteiger partial charge in [-0.1, -0.05) is 11.6 Å². The third-order valence-corrected chi connectivity index (χ3v) is 4.97. The van der Waals surface area contributed by atoms with E-state index in [-0.39, 0.29) is 16.5 Å². The maximum Gasteiger partial charge on any atom is 0.332 e. The summed E-state index contributed by atoms with van der Waals surface area (Å²) in [6.45, 7) is -0.0696. The van der Waals surface area contributed by atoms with Crippen molar-refractivity contribution in [1.82, 2.24) is 4.72 Å². The molecule has 0 saturated carbocycles. The van der Waals surface area contributed by atoms with E-state index in [2.05, 4.69) is 4.72 Å². The molecule has 1 saturated heterocycles. The van der Waals surface area contributed by atoms with E-state index >= 15 is 0 Å². The predicted molar refractivity (Wildman–Crippen MR) is 72.1 cm³/mol. The number of sulfonamides is 1. The molecule has 0 aromatic heterocycles. The third kappa shape index (κ3) is 3.91. The lowest BCUT2D eigenvalue weighted by Gasteiger charge is -2.13. The van der Waals surface area contributed by atoms with Gasteiger partial charge in [0.25, 0.3) is 0 Å². The van der Waals surface area contributed by atoms with Crippen LogP contribution in [0.1, 0.15) is 12.8 Å². The van der Waals surface area contributed by atoms with Gasteiger partial charge in [0, 0.05) is 6.54 Å². The Labute approximate surface area is 125 Å².